The van der Waals surface area contributed by atoms with E-state index in [0.717, 1.165) is 17.8 Å². The molecule has 0 aromatic carbocycles. The number of nitrogens with one attached hydrogen (secondary N) is 1. The first-order valence-corrected chi connectivity index (χ1v) is 4.04. The molecule has 0 saturated heterocycles. The van der Waals surface area contributed by atoms with Gasteiger partial charge in [-0.05, 0) is 50.6 Å². The Morgan fingerprint density at radius 1 is 1.22 bits per heavy atom. The third-order valence-electron chi connectivity index (χ3n) is 2.83. The summed E-state index contributed by atoms with van der Waals surface area (Å²) in [7, 11) is 2.06. The lowest BCUT2D eigenvalue weighted by Crippen LogP contribution is -2.17. The minimum Gasteiger partial charge on any atom is -0.319 e. The van der Waals surface area contributed by atoms with Crippen LogP contribution in [0.4, 0.5) is 0 Å². The largest absolute Gasteiger partial charge is 0.319 e. The molecule has 0 spiro atoms. The van der Waals surface area contributed by atoms with Crippen LogP contribution in [0.1, 0.15) is 19.3 Å². The normalized spacial score (nSPS) is 47.0. The molecule has 0 aromatic heterocycles. The monoisotopic (exact) mass is 125 g/mol. The van der Waals surface area contributed by atoms with Crippen LogP contribution < -0.4 is 5.32 Å². The Morgan fingerprint density at radius 3 is 2.44 bits per heavy atom. The van der Waals surface area contributed by atoms with Gasteiger partial charge in [-0.1, -0.05) is 0 Å². The van der Waals surface area contributed by atoms with E-state index in [1.807, 2.05) is 0 Å². The molecule has 2 rings (SSSR count). The Hall–Kier alpha value is -0.0400. The molecule has 52 valence electrons. The predicted octanol–water partition coefficient (Wildman–Crippen LogP) is 1.25. The summed E-state index contributed by atoms with van der Waals surface area (Å²) >= 11 is 0. The van der Waals surface area contributed by atoms with Crippen molar-refractivity contribution in [2.24, 2.45) is 17.8 Å². The van der Waals surface area contributed by atoms with Crippen LogP contribution >= 0.6 is 0 Å². The Labute approximate surface area is 56.8 Å². The molecule has 2 saturated carbocycles. The molecule has 2 atom stereocenters. The molecule has 0 radical (unpaired) electrons. The third-order valence-corrected chi connectivity index (χ3v) is 2.83. The first-order valence-electron chi connectivity index (χ1n) is 4.04. The summed E-state index contributed by atoms with van der Waals surface area (Å²) in [4.78, 5) is 0. The summed E-state index contributed by atoms with van der Waals surface area (Å²) in [5, 5.41) is 3.25. The third kappa shape index (κ3) is 0.983. The van der Waals surface area contributed by atoms with Crippen molar-refractivity contribution in [1.29, 1.82) is 0 Å². The maximum Gasteiger partial charge on any atom is -0.00233 e. The fraction of sp³-hybridized carbons (Fsp3) is 1.00. The van der Waals surface area contributed by atoms with E-state index in [2.05, 4.69) is 12.4 Å². The maximum absolute atomic E-state index is 3.25. The van der Waals surface area contributed by atoms with Gasteiger partial charge in [0.05, 0.1) is 0 Å². The lowest BCUT2D eigenvalue weighted by molar-refractivity contribution is 0.466. The van der Waals surface area contributed by atoms with Crippen molar-refractivity contribution in [3.63, 3.8) is 0 Å². The van der Waals surface area contributed by atoms with Crippen molar-refractivity contribution in [2.45, 2.75) is 19.3 Å². The number of hydrogen-bond acceptors (Lipinski definition) is 1. The van der Waals surface area contributed by atoms with Gasteiger partial charge in [0.2, 0.25) is 0 Å². The average molecular weight is 125 g/mol. The smallest absolute Gasteiger partial charge is 0.00233 e. The van der Waals surface area contributed by atoms with Crippen LogP contribution in [0.25, 0.3) is 0 Å². The average Bonchev–Trinajstić information content (AvgIpc) is 2.42. The minimum atomic E-state index is 1.03. The highest BCUT2D eigenvalue weighted by Crippen LogP contribution is 2.53. The minimum absolute atomic E-state index is 1.03. The topological polar surface area (TPSA) is 12.0 Å². The Morgan fingerprint density at radius 2 is 1.89 bits per heavy atom. The van der Waals surface area contributed by atoms with E-state index in [0.29, 0.717) is 0 Å². The summed E-state index contributed by atoms with van der Waals surface area (Å²) in [6.07, 6.45) is 4.59. The fourth-order valence-electron chi connectivity index (χ4n) is 2.30. The molecule has 0 aliphatic heterocycles. The first-order chi connectivity index (χ1) is 4.40. The van der Waals surface area contributed by atoms with Crippen LogP contribution in [0, 0.1) is 17.8 Å². The zero-order valence-corrected chi connectivity index (χ0v) is 6.06. The van der Waals surface area contributed by atoms with Crippen molar-refractivity contribution in [1.82, 2.24) is 5.32 Å². The van der Waals surface area contributed by atoms with Gasteiger partial charge in [0.15, 0.2) is 0 Å². The predicted molar refractivity (Wildman–Crippen MR) is 38.2 cm³/mol. The van der Waals surface area contributed by atoms with E-state index in [1.165, 1.54) is 19.4 Å². The molecule has 0 heterocycles. The van der Waals surface area contributed by atoms with E-state index in [1.54, 1.807) is 6.42 Å². The molecule has 1 N–H and O–H groups in total. The maximum atomic E-state index is 3.25. The van der Waals surface area contributed by atoms with E-state index < -0.39 is 0 Å². The molecule has 1 heteroatoms. The summed E-state index contributed by atoms with van der Waals surface area (Å²) in [6, 6.07) is 0. The Kier molecular flexibility index (Phi) is 1.26. The van der Waals surface area contributed by atoms with E-state index in [9.17, 15) is 0 Å². The van der Waals surface area contributed by atoms with Gasteiger partial charge >= 0.3 is 0 Å². The van der Waals surface area contributed by atoms with Crippen molar-refractivity contribution in [2.75, 3.05) is 13.6 Å². The molecule has 2 unspecified atom stereocenters. The number of hydrogen-bond donors (Lipinski definition) is 1. The fourth-order valence-corrected chi connectivity index (χ4v) is 2.30. The number of rotatable bonds is 2. The molecule has 2 aliphatic rings. The van der Waals surface area contributed by atoms with Crippen molar-refractivity contribution < 1.29 is 0 Å². The second-order valence-corrected chi connectivity index (χ2v) is 3.65. The standard InChI is InChI=1S/C8H15N/c1-9-5-6-2-7-4-8(7)3-6/h6-9H,2-5H2,1H3. The lowest BCUT2D eigenvalue weighted by atomic mass is 10.0. The highest BCUT2D eigenvalue weighted by atomic mass is 14.8. The van der Waals surface area contributed by atoms with Crippen molar-refractivity contribution >= 4 is 0 Å². The van der Waals surface area contributed by atoms with Crippen LogP contribution in [0.15, 0.2) is 0 Å². The van der Waals surface area contributed by atoms with E-state index in [4.69, 9.17) is 0 Å². The molecular formula is C8H15N. The van der Waals surface area contributed by atoms with Crippen LogP contribution in [0.2, 0.25) is 0 Å². The summed E-state index contributed by atoms with van der Waals surface area (Å²) in [6.45, 7) is 1.26. The van der Waals surface area contributed by atoms with Crippen molar-refractivity contribution in [3.8, 4) is 0 Å². The van der Waals surface area contributed by atoms with Gasteiger partial charge < -0.3 is 5.32 Å². The molecule has 9 heavy (non-hydrogen) atoms. The highest BCUT2D eigenvalue weighted by Gasteiger charge is 2.45. The summed E-state index contributed by atoms with van der Waals surface area (Å²) < 4.78 is 0. The van der Waals surface area contributed by atoms with Crippen LogP contribution in [0.3, 0.4) is 0 Å². The molecule has 2 fully saturated rings. The summed E-state index contributed by atoms with van der Waals surface area (Å²) in [5.41, 5.74) is 0. The quantitative estimate of drug-likeness (QED) is 0.585. The Balaban J connectivity index is 1.77. The molecule has 0 aromatic rings. The van der Waals surface area contributed by atoms with E-state index in [-0.39, 0.29) is 0 Å². The first kappa shape index (κ1) is 5.72. The van der Waals surface area contributed by atoms with Crippen LogP contribution in [-0.2, 0) is 0 Å². The van der Waals surface area contributed by atoms with Gasteiger partial charge in [0, 0.05) is 0 Å². The SMILES string of the molecule is CNCC1CC2CC2C1. The van der Waals surface area contributed by atoms with Gasteiger partial charge in [0.1, 0.15) is 0 Å². The second kappa shape index (κ2) is 1.98. The van der Waals surface area contributed by atoms with Crippen LogP contribution in [0.5, 0.6) is 0 Å². The molecular weight excluding hydrogens is 110 g/mol. The number of fused-ring (bicyclic) bond motifs is 1. The van der Waals surface area contributed by atoms with E-state index >= 15 is 0 Å². The van der Waals surface area contributed by atoms with Gasteiger partial charge in [-0.25, -0.2) is 0 Å². The molecule has 0 amide bonds. The van der Waals surface area contributed by atoms with Gasteiger partial charge in [-0.2, -0.15) is 0 Å². The summed E-state index contributed by atoms with van der Waals surface area (Å²) in [5.74, 6) is 3.34. The van der Waals surface area contributed by atoms with Gasteiger partial charge in [0.25, 0.3) is 0 Å². The Bertz CT molecular complexity index is 101. The zero-order chi connectivity index (χ0) is 6.27. The molecule has 1 nitrogen and oxygen atoms in total. The lowest BCUT2D eigenvalue weighted by Gasteiger charge is -2.08. The van der Waals surface area contributed by atoms with Crippen molar-refractivity contribution in [3.05, 3.63) is 0 Å². The highest BCUT2D eigenvalue weighted by molar-refractivity contribution is 4.96. The van der Waals surface area contributed by atoms with Crippen LogP contribution in [-0.4, -0.2) is 13.6 Å². The van der Waals surface area contributed by atoms with Gasteiger partial charge in [-0.15, -0.1) is 0 Å². The second-order valence-electron chi connectivity index (χ2n) is 3.65. The van der Waals surface area contributed by atoms with Gasteiger partial charge in [-0.3, -0.25) is 0 Å². The zero-order valence-electron chi connectivity index (χ0n) is 6.06. The molecule has 2 aliphatic carbocycles. The molecule has 0 bridgehead atoms.